The lowest BCUT2D eigenvalue weighted by atomic mass is 10.0. The fourth-order valence-corrected chi connectivity index (χ4v) is 3.76. The highest BCUT2D eigenvalue weighted by Crippen LogP contribution is 2.20. The molecule has 2 rings (SSSR count). The largest absolute Gasteiger partial charge is 0.469 e. The van der Waals surface area contributed by atoms with Crippen molar-refractivity contribution in [3.63, 3.8) is 0 Å². The minimum Gasteiger partial charge on any atom is -0.469 e. The molecule has 10 heteroatoms. The summed E-state index contributed by atoms with van der Waals surface area (Å²) < 4.78 is 43.6. The van der Waals surface area contributed by atoms with Crippen molar-refractivity contribution in [2.24, 2.45) is 0 Å². The number of amides is 1. The number of benzene rings is 2. The summed E-state index contributed by atoms with van der Waals surface area (Å²) in [6, 6.07) is 10.1. The molecule has 2 aromatic rings. The normalized spacial score (nSPS) is 12.4. The molecule has 1 N–H and O–H groups in total. The maximum Gasteiger partial charge on any atom is 0.307 e. The van der Waals surface area contributed by atoms with Crippen LogP contribution in [0.3, 0.4) is 0 Å². The number of nitrogens with one attached hydrogen (secondary N) is 1. The van der Waals surface area contributed by atoms with E-state index in [9.17, 15) is 22.4 Å². The molecule has 0 fully saturated rings. The molecule has 0 radical (unpaired) electrons. The molecule has 0 spiro atoms. The summed E-state index contributed by atoms with van der Waals surface area (Å²) in [6.45, 7) is -0.495. The molecular formula is C19H20ClFN2O5S. The van der Waals surface area contributed by atoms with Crippen molar-refractivity contribution in [2.45, 2.75) is 17.4 Å². The van der Waals surface area contributed by atoms with E-state index in [0.29, 0.717) is 10.6 Å². The Morgan fingerprint density at radius 2 is 1.72 bits per heavy atom. The Balaban J connectivity index is 2.13. The van der Waals surface area contributed by atoms with Gasteiger partial charge in [0.15, 0.2) is 0 Å². The van der Waals surface area contributed by atoms with Crippen LogP contribution in [0.25, 0.3) is 0 Å². The van der Waals surface area contributed by atoms with E-state index in [4.69, 9.17) is 11.6 Å². The monoisotopic (exact) mass is 442 g/mol. The summed E-state index contributed by atoms with van der Waals surface area (Å²) in [5.74, 6) is -1.74. The average Bonchev–Trinajstić information content (AvgIpc) is 2.68. The molecule has 156 valence electrons. The highest BCUT2D eigenvalue weighted by atomic mass is 35.5. The van der Waals surface area contributed by atoms with Gasteiger partial charge in [-0.2, -0.15) is 4.31 Å². The highest BCUT2D eigenvalue weighted by Gasteiger charge is 2.25. The van der Waals surface area contributed by atoms with Crippen LogP contribution < -0.4 is 5.32 Å². The fourth-order valence-electron chi connectivity index (χ4n) is 2.51. The van der Waals surface area contributed by atoms with Crippen LogP contribution >= 0.6 is 11.6 Å². The second-order valence-corrected chi connectivity index (χ2v) is 8.65. The molecule has 7 nitrogen and oxygen atoms in total. The van der Waals surface area contributed by atoms with Gasteiger partial charge in [0.05, 0.1) is 31.0 Å². The first-order valence-electron chi connectivity index (χ1n) is 8.47. The first-order chi connectivity index (χ1) is 13.6. The van der Waals surface area contributed by atoms with E-state index >= 15 is 0 Å². The van der Waals surface area contributed by atoms with Crippen LogP contribution in [-0.2, 0) is 24.3 Å². The maximum absolute atomic E-state index is 13.0. The number of carbonyl (C=O) groups is 2. The zero-order valence-electron chi connectivity index (χ0n) is 15.8. The third-order valence-electron chi connectivity index (χ3n) is 4.09. The van der Waals surface area contributed by atoms with E-state index in [0.717, 1.165) is 28.6 Å². The van der Waals surface area contributed by atoms with Gasteiger partial charge in [-0.1, -0.05) is 23.7 Å². The molecule has 0 saturated heterocycles. The lowest BCUT2D eigenvalue weighted by molar-refractivity contribution is -0.141. The number of esters is 1. The third-order valence-corrected chi connectivity index (χ3v) is 6.16. The fraction of sp³-hybridized carbons (Fsp3) is 0.263. The number of hydrogen-bond donors (Lipinski definition) is 1. The Hall–Kier alpha value is -2.49. The number of nitrogens with zero attached hydrogens (tertiary/aromatic N) is 1. The van der Waals surface area contributed by atoms with Gasteiger partial charge in [-0.3, -0.25) is 9.59 Å². The van der Waals surface area contributed by atoms with Gasteiger partial charge in [0.25, 0.3) is 0 Å². The summed E-state index contributed by atoms with van der Waals surface area (Å²) in [5, 5.41) is 3.12. The van der Waals surface area contributed by atoms with Crippen molar-refractivity contribution in [3.05, 3.63) is 64.9 Å². The molecule has 0 aliphatic carbocycles. The van der Waals surface area contributed by atoms with E-state index in [-0.39, 0.29) is 11.3 Å². The van der Waals surface area contributed by atoms with Gasteiger partial charge in [-0.05, 0) is 42.0 Å². The number of rotatable bonds is 8. The Morgan fingerprint density at radius 3 is 2.28 bits per heavy atom. The van der Waals surface area contributed by atoms with E-state index < -0.39 is 40.3 Å². The SMILES string of the molecule is COC(=O)CC(NC(=O)CN(C)S(=O)(=O)c1ccc(F)cc1)c1ccc(Cl)cc1. The number of sulfonamides is 1. The number of methoxy groups -OCH3 is 1. The molecular weight excluding hydrogens is 423 g/mol. The average molecular weight is 443 g/mol. The minimum atomic E-state index is -3.99. The van der Waals surface area contributed by atoms with Crippen LogP contribution in [0.5, 0.6) is 0 Å². The maximum atomic E-state index is 13.0. The molecule has 1 atom stereocenters. The molecule has 0 aliphatic rings. The Morgan fingerprint density at radius 1 is 1.14 bits per heavy atom. The summed E-state index contributed by atoms with van der Waals surface area (Å²) in [6.07, 6.45) is -0.141. The number of ether oxygens (including phenoxy) is 1. The quantitative estimate of drug-likeness (QED) is 0.634. The van der Waals surface area contributed by atoms with E-state index in [1.807, 2.05) is 0 Å². The Kier molecular flexibility index (Phi) is 7.72. The predicted molar refractivity (Wildman–Crippen MR) is 105 cm³/mol. The van der Waals surface area contributed by atoms with Crippen LogP contribution in [0.2, 0.25) is 5.02 Å². The standard InChI is InChI=1S/C19H20ClFN2O5S/c1-23(29(26,27)16-9-7-15(21)8-10-16)12-18(24)22-17(11-19(25)28-2)13-3-5-14(20)6-4-13/h3-10,17H,11-12H2,1-2H3,(H,22,24). The van der Waals surface area contributed by atoms with E-state index in [1.54, 1.807) is 24.3 Å². The molecule has 0 heterocycles. The molecule has 0 aliphatic heterocycles. The van der Waals surface area contributed by atoms with Gasteiger partial charge >= 0.3 is 5.97 Å². The Bertz CT molecular complexity index is 965. The number of carbonyl (C=O) groups excluding carboxylic acids is 2. The predicted octanol–water partition coefficient (Wildman–Crippen LogP) is 2.52. The van der Waals surface area contributed by atoms with Gasteiger partial charge in [0, 0.05) is 12.1 Å². The lowest BCUT2D eigenvalue weighted by Crippen LogP contribution is -2.40. The summed E-state index contributed by atoms with van der Waals surface area (Å²) in [4.78, 5) is 24.0. The molecule has 1 amide bonds. The second-order valence-electron chi connectivity index (χ2n) is 6.17. The molecule has 2 aromatic carbocycles. The van der Waals surface area contributed by atoms with Crippen LogP contribution in [0.15, 0.2) is 53.4 Å². The van der Waals surface area contributed by atoms with E-state index in [2.05, 4.69) is 10.1 Å². The zero-order chi connectivity index (χ0) is 21.6. The minimum absolute atomic E-state index is 0.141. The van der Waals surface area contributed by atoms with Crippen molar-refractivity contribution in [1.29, 1.82) is 0 Å². The van der Waals surface area contributed by atoms with Gasteiger partial charge in [0.1, 0.15) is 5.82 Å². The molecule has 0 saturated carbocycles. The van der Waals surface area contributed by atoms with Crippen molar-refractivity contribution in [1.82, 2.24) is 9.62 Å². The smallest absolute Gasteiger partial charge is 0.307 e. The summed E-state index contributed by atoms with van der Waals surface area (Å²) >= 11 is 5.87. The van der Waals surface area contributed by atoms with Gasteiger partial charge in [0.2, 0.25) is 15.9 Å². The van der Waals surface area contributed by atoms with Crippen molar-refractivity contribution < 1.29 is 27.1 Å². The molecule has 0 bridgehead atoms. The third kappa shape index (κ3) is 6.25. The molecule has 1 unspecified atom stereocenters. The summed E-state index contributed by atoms with van der Waals surface area (Å²) in [7, 11) is -1.53. The summed E-state index contributed by atoms with van der Waals surface area (Å²) in [5.41, 5.74) is 0.609. The van der Waals surface area contributed by atoms with Gasteiger partial charge < -0.3 is 10.1 Å². The first kappa shape index (κ1) is 22.8. The number of halogens is 2. The number of likely N-dealkylation sites (N-methyl/N-ethyl adjacent to an activating group) is 1. The Labute approximate surface area is 173 Å². The van der Waals surface area contributed by atoms with Crippen LogP contribution in [-0.4, -0.2) is 45.3 Å². The van der Waals surface area contributed by atoms with Crippen LogP contribution in [0.1, 0.15) is 18.0 Å². The lowest BCUT2D eigenvalue weighted by Gasteiger charge is -2.21. The first-order valence-corrected chi connectivity index (χ1v) is 10.3. The zero-order valence-corrected chi connectivity index (χ0v) is 17.3. The van der Waals surface area contributed by atoms with Crippen molar-refractivity contribution in [3.8, 4) is 0 Å². The van der Waals surface area contributed by atoms with Gasteiger partial charge in [-0.25, -0.2) is 12.8 Å². The molecule has 29 heavy (non-hydrogen) atoms. The molecule has 0 aromatic heterocycles. The van der Waals surface area contributed by atoms with Crippen molar-refractivity contribution >= 4 is 33.5 Å². The second kappa shape index (κ2) is 9.82. The highest BCUT2D eigenvalue weighted by molar-refractivity contribution is 7.89. The van der Waals surface area contributed by atoms with Crippen molar-refractivity contribution in [2.75, 3.05) is 20.7 Å². The van der Waals surface area contributed by atoms with E-state index in [1.165, 1.54) is 14.2 Å². The topological polar surface area (TPSA) is 92.8 Å². The van der Waals surface area contributed by atoms with Crippen LogP contribution in [0, 0.1) is 5.82 Å². The number of hydrogen-bond acceptors (Lipinski definition) is 5. The van der Waals surface area contributed by atoms with Crippen LogP contribution in [0.4, 0.5) is 4.39 Å². The van der Waals surface area contributed by atoms with Gasteiger partial charge in [-0.15, -0.1) is 0 Å².